The molecule has 0 bridgehead atoms. The molecule has 2 aromatic carbocycles. The van der Waals surface area contributed by atoms with E-state index in [9.17, 15) is 8.42 Å². The van der Waals surface area contributed by atoms with E-state index < -0.39 is 10.0 Å². The van der Waals surface area contributed by atoms with Crippen LogP contribution in [0, 0.1) is 0 Å². The fourth-order valence-electron chi connectivity index (χ4n) is 3.94. The van der Waals surface area contributed by atoms with Crippen LogP contribution in [-0.2, 0) is 16.4 Å². The first kappa shape index (κ1) is 20.3. The van der Waals surface area contributed by atoms with Gasteiger partial charge in [-0.3, -0.25) is 0 Å². The molecule has 1 aliphatic rings. The van der Waals surface area contributed by atoms with E-state index in [1.54, 1.807) is 21.7 Å². The molecule has 7 heteroatoms. The van der Waals surface area contributed by atoms with Gasteiger partial charge in [0, 0.05) is 68.2 Å². The summed E-state index contributed by atoms with van der Waals surface area (Å²) in [6, 6.07) is 15.7. The molecule has 1 fully saturated rings. The standard InChI is InChI=1S/C22H27N3O2S2/c1-23(2)21-9-3-8-20-19(21)7-4-10-22(20)29(26,27)25-15-13-24(14-16-25)12-11-18-6-5-17-28-18/h3-10,17H,11-16H2,1-2H3. The van der Waals surface area contributed by atoms with Gasteiger partial charge in [-0.2, -0.15) is 4.31 Å². The van der Waals surface area contributed by atoms with Crippen molar-refractivity contribution in [3.63, 3.8) is 0 Å². The van der Waals surface area contributed by atoms with Gasteiger partial charge < -0.3 is 9.80 Å². The molecule has 5 nitrogen and oxygen atoms in total. The molecule has 0 radical (unpaired) electrons. The zero-order valence-electron chi connectivity index (χ0n) is 16.9. The summed E-state index contributed by atoms with van der Waals surface area (Å²) < 4.78 is 28.5. The van der Waals surface area contributed by atoms with Crippen LogP contribution in [0.5, 0.6) is 0 Å². The lowest BCUT2D eigenvalue weighted by Crippen LogP contribution is -2.49. The van der Waals surface area contributed by atoms with Gasteiger partial charge in [0.05, 0.1) is 4.90 Å². The van der Waals surface area contributed by atoms with Crippen LogP contribution in [0.25, 0.3) is 10.8 Å². The maximum Gasteiger partial charge on any atom is 0.243 e. The van der Waals surface area contributed by atoms with Gasteiger partial charge in [0.15, 0.2) is 0 Å². The Hall–Kier alpha value is -1.93. The largest absolute Gasteiger partial charge is 0.377 e. The molecule has 29 heavy (non-hydrogen) atoms. The molecule has 0 aliphatic carbocycles. The van der Waals surface area contributed by atoms with E-state index in [0.29, 0.717) is 18.0 Å². The highest BCUT2D eigenvalue weighted by molar-refractivity contribution is 7.89. The molecule has 1 aromatic heterocycles. The summed E-state index contributed by atoms with van der Waals surface area (Å²) in [5.74, 6) is 0. The molecule has 4 rings (SSSR count). The third-order valence-corrected chi connectivity index (χ3v) is 8.44. The van der Waals surface area contributed by atoms with E-state index in [0.717, 1.165) is 42.5 Å². The number of piperazine rings is 1. The fourth-order valence-corrected chi connectivity index (χ4v) is 6.26. The zero-order chi connectivity index (χ0) is 20.4. The van der Waals surface area contributed by atoms with E-state index in [1.807, 2.05) is 49.3 Å². The highest BCUT2D eigenvalue weighted by atomic mass is 32.2. The maximum atomic E-state index is 13.4. The monoisotopic (exact) mass is 429 g/mol. The van der Waals surface area contributed by atoms with Crippen LogP contribution in [0.2, 0.25) is 0 Å². The predicted molar refractivity (Wildman–Crippen MR) is 121 cm³/mol. The molecular formula is C22H27N3O2S2. The lowest BCUT2D eigenvalue weighted by atomic mass is 10.1. The van der Waals surface area contributed by atoms with Crippen molar-refractivity contribution in [2.75, 3.05) is 51.7 Å². The Morgan fingerprint density at radius 1 is 0.931 bits per heavy atom. The Kier molecular flexibility index (Phi) is 5.92. The van der Waals surface area contributed by atoms with E-state index in [2.05, 4.69) is 22.4 Å². The van der Waals surface area contributed by atoms with E-state index in [4.69, 9.17) is 0 Å². The molecular weight excluding hydrogens is 402 g/mol. The predicted octanol–water partition coefficient (Wildman–Crippen LogP) is 3.52. The summed E-state index contributed by atoms with van der Waals surface area (Å²) in [4.78, 5) is 6.17. The molecule has 1 saturated heterocycles. The lowest BCUT2D eigenvalue weighted by molar-refractivity contribution is 0.190. The van der Waals surface area contributed by atoms with Gasteiger partial charge in [-0.1, -0.05) is 30.3 Å². The number of rotatable bonds is 6. The minimum absolute atomic E-state index is 0.408. The van der Waals surface area contributed by atoms with Crippen molar-refractivity contribution >= 4 is 37.8 Å². The summed E-state index contributed by atoms with van der Waals surface area (Å²) >= 11 is 1.78. The first-order valence-corrected chi connectivity index (χ1v) is 12.2. The van der Waals surface area contributed by atoms with E-state index >= 15 is 0 Å². The lowest BCUT2D eigenvalue weighted by Gasteiger charge is -2.34. The normalized spacial score (nSPS) is 16.3. The Bertz CT molecular complexity index is 1070. The smallest absolute Gasteiger partial charge is 0.243 e. The van der Waals surface area contributed by atoms with Crippen LogP contribution in [0.15, 0.2) is 58.8 Å². The summed E-state index contributed by atoms with van der Waals surface area (Å²) in [7, 11) is 0.433. The SMILES string of the molecule is CN(C)c1cccc2c(S(=O)(=O)N3CCN(CCc4cccs4)CC3)cccc12. The van der Waals surface area contributed by atoms with Crippen LogP contribution < -0.4 is 4.90 Å². The van der Waals surface area contributed by atoms with Crippen LogP contribution in [0.3, 0.4) is 0 Å². The summed E-state index contributed by atoms with van der Waals surface area (Å²) in [5, 5.41) is 3.86. The van der Waals surface area contributed by atoms with Crippen molar-refractivity contribution in [1.29, 1.82) is 0 Å². The molecule has 0 saturated carbocycles. The maximum absolute atomic E-state index is 13.4. The molecule has 154 valence electrons. The minimum Gasteiger partial charge on any atom is -0.377 e. The van der Waals surface area contributed by atoms with Crippen LogP contribution >= 0.6 is 11.3 Å². The van der Waals surface area contributed by atoms with Crippen LogP contribution in [0.4, 0.5) is 5.69 Å². The number of fused-ring (bicyclic) bond motifs is 1. The van der Waals surface area contributed by atoms with Crippen molar-refractivity contribution in [2.45, 2.75) is 11.3 Å². The van der Waals surface area contributed by atoms with Gasteiger partial charge >= 0.3 is 0 Å². The van der Waals surface area contributed by atoms with Crippen LogP contribution in [0.1, 0.15) is 4.88 Å². The van der Waals surface area contributed by atoms with Crippen molar-refractivity contribution in [1.82, 2.24) is 9.21 Å². The second-order valence-corrected chi connectivity index (χ2v) is 10.5. The van der Waals surface area contributed by atoms with E-state index in [1.165, 1.54) is 4.88 Å². The summed E-state index contributed by atoms with van der Waals surface area (Å²) in [6.07, 6.45) is 1.03. The van der Waals surface area contributed by atoms with Gasteiger partial charge in [-0.15, -0.1) is 11.3 Å². The Morgan fingerprint density at radius 2 is 1.66 bits per heavy atom. The number of sulfonamides is 1. The molecule has 1 aliphatic heterocycles. The average molecular weight is 430 g/mol. The van der Waals surface area contributed by atoms with Crippen molar-refractivity contribution < 1.29 is 8.42 Å². The highest BCUT2D eigenvalue weighted by Crippen LogP contribution is 2.31. The number of hydrogen-bond acceptors (Lipinski definition) is 5. The average Bonchev–Trinajstić information content (AvgIpc) is 3.25. The van der Waals surface area contributed by atoms with Crippen molar-refractivity contribution in [3.05, 3.63) is 58.8 Å². The fraction of sp³-hybridized carbons (Fsp3) is 0.364. The zero-order valence-corrected chi connectivity index (χ0v) is 18.5. The Labute approximate surface area is 177 Å². The molecule has 2 heterocycles. The number of thiophene rings is 1. The second kappa shape index (κ2) is 8.44. The van der Waals surface area contributed by atoms with Gasteiger partial charge in [0.1, 0.15) is 0 Å². The number of nitrogens with zero attached hydrogens (tertiary/aromatic N) is 3. The topological polar surface area (TPSA) is 43.9 Å². The third kappa shape index (κ3) is 4.19. The summed E-state index contributed by atoms with van der Waals surface area (Å²) in [5.41, 5.74) is 1.03. The highest BCUT2D eigenvalue weighted by Gasteiger charge is 2.29. The molecule has 0 spiro atoms. The first-order chi connectivity index (χ1) is 14.0. The van der Waals surface area contributed by atoms with Gasteiger partial charge in [0.2, 0.25) is 10.0 Å². The first-order valence-electron chi connectivity index (χ1n) is 9.91. The van der Waals surface area contributed by atoms with Crippen LogP contribution in [-0.4, -0.2) is 64.4 Å². The van der Waals surface area contributed by atoms with E-state index in [-0.39, 0.29) is 0 Å². The molecule has 0 N–H and O–H groups in total. The molecule has 3 aromatic rings. The number of benzene rings is 2. The summed E-state index contributed by atoms with van der Waals surface area (Å²) in [6.45, 7) is 3.61. The van der Waals surface area contributed by atoms with Crippen molar-refractivity contribution in [3.8, 4) is 0 Å². The molecule has 0 amide bonds. The van der Waals surface area contributed by atoms with Gasteiger partial charge in [-0.25, -0.2) is 8.42 Å². The third-order valence-electron chi connectivity index (χ3n) is 5.54. The number of anilines is 1. The van der Waals surface area contributed by atoms with Crippen molar-refractivity contribution in [2.24, 2.45) is 0 Å². The Morgan fingerprint density at radius 3 is 2.34 bits per heavy atom. The minimum atomic E-state index is -3.52. The molecule has 0 atom stereocenters. The number of hydrogen-bond donors (Lipinski definition) is 0. The second-order valence-electron chi connectivity index (χ2n) is 7.60. The Balaban J connectivity index is 1.51. The molecule has 0 unspecified atom stereocenters. The quantitative estimate of drug-likeness (QED) is 0.601. The van der Waals surface area contributed by atoms with Gasteiger partial charge in [-0.05, 0) is 30.0 Å². The van der Waals surface area contributed by atoms with Gasteiger partial charge in [0.25, 0.3) is 0 Å².